The summed E-state index contributed by atoms with van der Waals surface area (Å²) in [5, 5.41) is 11.4. The predicted octanol–water partition coefficient (Wildman–Crippen LogP) is 1.28. The van der Waals surface area contributed by atoms with Gasteiger partial charge in [0.05, 0.1) is 17.8 Å². The highest BCUT2D eigenvalue weighted by atomic mass is 16.1. The maximum absolute atomic E-state index is 11.7. The SMILES string of the molecule is N#Cc1ccc(CNC(=O)c2cnccn2)cc1. The number of nitriles is 1. The average Bonchev–Trinajstić information content (AvgIpc) is 2.46. The van der Waals surface area contributed by atoms with Crippen LogP contribution in [0.15, 0.2) is 42.9 Å². The van der Waals surface area contributed by atoms with Crippen LogP contribution in [0.25, 0.3) is 0 Å². The minimum atomic E-state index is -0.271. The van der Waals surface area contributed by atoms with Crippen LogP contribution >= 0.6 is 0 Å². The van der Waals surface area contributed by atoms with E-state index in [0.717, 1.165) is 5.56 Å². The number of carbonyl (C=O) groups excluding carboxylic acids is 1. The first-order chi connectivity index (χ1) is 8.79. The normalized spacial score (nSPS) is 9.50. The van der Waals surface area contributed by atoms with E-state index < -0.39 is 0 Å². The van der Waals surface area contributed by atoms with Gasteiger partial charge in [-0.15, -0.1) is 0 Å². The lowest BCUT2D eigenvalue weighted by molar-refractivity contribution is 0.0945. The quantitative estimate of drug-likeness (QED) is 0.873. The Kier molecular flexibility index (Phi) is 3.62. The van der Waals surface area contributed by atoms with E-state index in [4.69, 9.17) is 5.26 Å². The Balaban J connectivity index is 1.95. The monoisotopic (exact) mass is 238 g/mol. The Morgan fingerprint density at radius 2 is 2.06 bits per heavy atom. The molecule has 5 heteroatoms. The first kappa shape index (κ1) is 11.7. The van der Waals surface area contributed by atoms with Gasteiger partial charge in [0.25, 0.3) is 5.91 Å². The molecule has 0 aliphatic heterocycles. The summed E-state index contributed by atoms with van der Waals surface area (Å²) in [6.45, 7) is 0.390. The molecule has 0 radical (unpaired) electrons. The van der Waals surface area contributed by atoms with Crippen LogP contribution in [0.5, 0.6) is 0 Å². The number of carbonyl (C=O) groups is 1. The van der Waals surface area contributed by atoms with Gasteiger partial charge in [0.2, 0.25) is 0 Å². The van der Waals surface area contributed by atoms with E-state index in [1.54, 1.807) is 24.3 Å². The second-order valence-electron chi connectivity index (χ2n) is 3.58. The smallest absolute Gasteiger partial charge is 0.271 e. The number of amides is 1. The van der Waals surface area contributed by atoms with Crippen molar-refractivity contribution in [3.63, 3.8) is 0 Å². The van der Waals surface area contributed by atoms with Crippen LogP contribution in [0.4, 0.5) is 0 Å². The molecule has 0 saturated carbocycles. The molecule has 0 spiro atoms. The Bertz CT molecular complexity index is 572. The van der Waals surface area contributed by atoms with E-state index in [2.05, 4.69) is 15.3 Å². The molecule has 0 unspecified atom stereocenters. The molecular weight excluding hydrogens is 228 g/mol. The molecule has 0 aliphatic carbocycles. The van der Waals surface area contributed by atoms with Crippen molar-refractivity contribution in [1.29, 1.82) is 5.26 Å². The van der Waals surface area contributed by atoms with Gasteiger partial charge in [-0.25, -0.2) is 4.98 Å². The van der Waals surface area contributed by atoms with Gasteiger partial charge < -0.3 is 5.32 Å². The summed E-state index contributed by atoms with van der Waals surface area (Å²) in [5.41, 5.74) is 1.80. The highest BCUT2D eigenvalue weighted by molar-refractivity contribution is 5.91. The zero-order valence-electron chi connectivity index (χ0n) is 9.50. The summed E-state index contributed by atoms with van der Waals surface area (Å²) in [6.07, 6.45) is 4.39. The first-order valence-electron chi connectivity index (χ1n) is 5.33. The summed E-state index contributed by atoms with van der Waals surface area (Å²) in [4.78, 5) is 19.4. The van der Waals surface area contributed by atoms with Crippen LogP contribution in [-0.4, -0.2) is 15.9 Å². The molecule has 1 aromatic carbocycles. The summed E-state index contributed by atoms with van der Waals surface area (Å²) < 4.78 is 0. The van der Waals surface area contributed by atoms with E-state index >= 15 is 0 Å². The van der Waals surface area contributed by atoms with E-state index in [1.165, 1.54) is 18.6 Å². The van der Waals surface area contributed by atoms with Crippen molar-refractivity contribution in [1.82, 2.24) is 15.3 Å². The third-order valence-electron chi connectivity index (χ3n) is 2.33. The Morgan fingerprint density at radius 1 is 1.28 bits per heavy atom. The molecule has 1 aromatic heterocycles. The van der Waals surface area contributed by atoms with Crippen molar-refractivity contribution in [2.24, 2.45) is 0 Å². The van der Waals surface area contributed by atoms with E-state index in [1.807, 2.05) is 6.07 Å². The molecule has 0 bridgehead atoms. The molecule has 0 saturated heterocycles. The fourth-order valence-corrected chi connectivity index (χ4v) is 1.39. The van der Waals surface area contributed by atoms with Gasteiger partial charge in [0, 0.05) is 18.9 Å². The molecule has 2 rings (SSSR count). The van der Waals surface area contributed by atoms with Gasteiger partial charge in [-0.1, -0.05) is 12.1 Å². The van der Waals surface area contributed by atoms with Crippen LogP contribution in [0.3, 0.4) is 0 Å². The van der Waals surface area contributed by atoms with Gasteiger partial charge in [0.1, 0.15) is 5.69 Å². The number of aromatic nitrogens is 2. The van der Waals surface area contributed by atoms with E-state index in [0.29, 0.717) is 12.1 Å². The van der Waals surface area contributed by atoms with Crippen LogP contribution in [0, 0.1) is 11.3 Å². The summed E-state index contributed by atoms with van der Waals surface area (Å²) >= 11 is 0. The van der Waals surface area contributed by atoms with Crippen molar-refractivity contribution >= 4 is 5.91 Å². The van der Waals surface area contributed by atoms with Crippen molar-refractivity contribution in [2.75, 3.05) is 0 Å². The molecule has 88 valence electrons. The molecular formula is C13H10N4O. The van der Waals surface area contributed by atoms with Gasteiger partial charge in [-0.2, -0.15) is 5.26 Å². The van der Waals surface area contributed by atoms with Crippen LogP contribution in [0.1, 0.15) is 21.6 Å². The summed E-state index contributed by atoms with van der Waals surface area (Å²) in [5.74, 6) is -0.271. The molecule has 0 atom stereocenters. The molecule has 18 heavy (non-hydrogen) atoms. The number of rotatable bonds is 3. The second kappa shape index (κ2) is 5.55. The van der Waals surface area contributed by atoms with Gasteiger partial charge >= 0.3 is 0 Å². The largest absolute Gasteiger partial charge is 0.347 e. The average molecular weight is 238 g/mol. The number of nitrogens with zero attached hydrogens (tertiary/aromatic N) is 3. The molecule has 1 amide bonds. The third kappa shape index (κ3) is 2.89. The number of hydrogen-bond donors (Lipinski definition) is 1. The zero-order chi connectivity index (χ0) is 12.8. The number of nitrogens with one attached hydrogen (secondary N) is 1. The third-order valence-corrected chi connectivity index (χ3v) is 2.33. The fourth-order valence-electron chi connectivity index (χ4n) is 1.39. The van der Waals surface area contributed by atoms with Crippen molar-refractivity contribution < 1.29 is 4.79 Å². The highest BCUT2D eigenvalue weighted by Gasteiger charge is 2.05. The molecule has 0 fully saturated rings. The van der Waals surface area contributed by atoms with Crippen LogP contribution in [-0.2, 0) is 6.54 Å². The lowest BCUT2D eigenvalue weighted by Gasteiger charge is -2.04. The maximum atomic E-state index is 11.7. The fraction of sp³-hybridized carbons (Fsp3) is 0.0769. The van der Waals surface area contributed by atoms with Gasteiger partial charge in [-0.3, -0.25) is 9.78 Å². The van der Waals surface area contributed by atoms with Crippen LogP contribution < -0.4 is 5.32 Å². The minimum absolute atomic E-state index is 0.271. The molecule has 1 N–H and O–H groups in total. The highest BCUT2D eigenvalue weighted by Crippen LogP contribution is 2.03. The van der Waals surface area contributed by atoms with Gasteiger partial charge in [0.15, 0.2) is 0 Å². The predicted molar refractivity (Wildman–Crippen MR) is 64.4 cm³/mol. The number of hydrogen-bond acceptors (Lipinski definition) is 4. The molecule has 5 nitrogen and oxygen atoms in total. The summed E-state index contributed by atoms with van der Waals surface area (Å²) in [7, 11) is 0. The Morgan fingerprint density at radius 3 is 2.67 bits per heavy atom. The first-order valence-corrected chi connectivity index (χ1v) is 5.33. The minimum Gasteiger partial charge on any atom is -0.347 e. The van der Waals surface area contributed by atoms with Crippen LogP contribution in [0.2, 0.25) is 0 Å². The Labute approximate surface area is 104 Å². The Hall–Kier alpha value is -2.74. The number of benzene rings is 1. The van der Waals surface area contributed by atoms with Gasteiger partial charge in [-0.05, 0) is 17.7 Å². The maximum Gasteiger partial charge on any atom is 0.271 e. The summed E-state index contributed by atoms with van der Waals surface area (Å²) in [6, 6.07) is 9.07. The lowest BCUT2D eigenvalue weighted by atomic mass is 10.1. The van der Waals surface area contributed by atoms with Crippen molar-refractivity contribution in [2.45, 2.75) is 6.54 Å². The molecule has 1 heterocycles. The lowest BCUT2D eigenvalue weighted by Crippen LogP contribution is -2.23. The second-order valence-corrected chi connectivity index (χ2v) is 3.58. The van der Waals surface area contributed by atoms with Crippen molar-refractivity contribution in [3.8, 4) is 6.07 Å². The topological polar surface area (TPSA) is 78.7 Å². The molecule has 2 aromatic rings. The van der Waals surface area contributed by atoms with Crippen molar-refractivity contribution in [3.05, 3.63) is 59.7 Å². The van der Waals surface area contributed by atoms with E-state index in [9.17, 15) is 4.79 Å². The molecule has 0 aliphatic rings. The zero-order valence-corrected chi connectivity index (χ0v) is 9.50. The van der Waals surface area contributed by atoms with E-state index in [-0.39, 0.29) is 11.6 Å². The standard InChI is InChI=1S/C13H10N4O/c14-7-10-1-3-11(4-2-10)8-17-13(18)12-9-15-5-6-16-12/h1-6,9H,8H2,(H,17,18).